The van der Waals surface area contributed by atoms with Crippen LogP contribution in [0.1, 0.15) is 39.0 Å². The van der Waals surface area contributed by atoms with Crippen molar-refractivity contribution in [1.82, 2.24) is 15.0 Å². The third kappa shape index (κ3) is 5.69. The largest absolute Gasteiger partial charge is 0.449 e. The average Bonchev–Trinajstić information content (AvgIpc) is 2.81. The second-order valence-corrected chi connectivity index (χ2v) is 10.1. The molecule has 5 nitrogen and oxygen atoms in total. The van der Waals surface area contributed by atoms with Crippen LogP contribution in [-0.4, -0.2) is 25.2 Å². The Kier molecular flexibility index (Phi) is 7.92. The van der Waals surface area contributed by atoms with Crippen LogP contribution in [0.2, 0.25) is 5.02 Å². The molecule has 0 radical (unpaired) electrons. The summed E-state index contributed by atoms with van der Waals surface area (Å²) in [6, 6.07) is 8.81. The van der Waals surface area contributed by atoms with E-state index in [1.165, 1.54) is 24.4 Å². The Morgan fingerprint density at radius 2 is 1.89 bits per heavy atom. The molecule has 0 bridgehead atoms. The summed E-state index contributed by atoms with van der Waals surface area (Å²) in [5.74, 6) is 0.300. The predicted octanol–water partition coefficient (Wildman–Crippen LogP) is 5.05. The Morgan fingerprint density at radius 1 is 1.17 bits per heavy atom. The highest BCUT2D eigenvalue weighted by molar-refractivity contribution is 6.33. The monoisotopic (exact) mass is 509 g/mol. The highest BCUT2D eigenvalue weighted by Crippen LogP contribution is 2.35. The van der Waals surface area contributed by atoms with Crippen LogP contribution < -0.4 is 15.5 Å². The summed E-state index contributed by atoms with van der Waals surface area (Å²) in [6.07, 6.45) is 10.2. The van der Waals surface area contributed by atoms with Gasteiger partial charge in [0.15, 0.2) is 11.5 Å². The van der Waals surface area contributed by atoms with Gasteiger partial charge in [0.05, 0.1) is 5.02 Å². The van der Waals surface area contributed by atoms with E-state index in [1.54, 1.807) is 31.2 Å². The summed E-state index contributed by atoms with van der Waals surface area (Å²) in [4.78, 5) is 24.5. The predicted molar refractivity (Wildman–Crippen MR) is 145 cm³/mol. The molecule has 0 saturated carbocycles. The zero-order valence-electron chi connectivity index (χ0n) is 20.5. The molecule has 0 amide bonds. The number of aromatic nitrogens is 3. The minimum atomic E-state index is -2.07. The van der Waals surface area contributed by atoms with E-state index in [9.17, 15) is 4.79 Å². The number of rotatable bonds is 8. The minimum Gasteiger partial charge on any atom is -0.449 e. The Labute approximate surface area is 212 Å². The first-order chi connectivity index (χ1) is 16.5. The molecule has 0 aliphatic carbocycles. The summed E-state index contributed by atoms with van der Waals surface area (Å²) in [6.45, 7) is 11.0. The molecular weight excluding hydrogens is 481 g/mol. The van der Waals surface area contributed by atoms with Gasteiger partial charge in [0.2, 0.25) is 5.75 Å². The second kappa shape index (κ2) is 10.5. The molecule has 2 atom stereocenters. The Bertz CT molecular complexity index is 1350. The molecule has 2 heterocycles. The molecule has 2 unspecified atom stereocenters. The van der Waals surface area contributed by atoms with Crippen molar-refractivity contribution in [3.63, 3.8) is 0 Å². The molecule has 0 saturated heterocycles. The molecule has 3 rings (SSSR count). The van der Waals surface area contributed by atoms with Gasteiger partial charge in [-0.3, -0.25) is 9.78 Å². The molecule has 35 heavy (non-hydrogen) atoms. The first-order valence-electron chi connectivity index (χ1n) is 11.2. The lowest BCUT2D eigenvalue weighted by Gasteiger charge is -2.25. The van der Waals surface area contributed by atoms with Crippen molar-refractivity contribution in [2.45, 2.75) is 38.8 Å². The molecule has 2 aromatic heterocycles. The molecule has 3 aromatic rings. The number of benzene rings is 1. The molecular formula is C27H29ClFN3O2Si. The van der Waals surface area contributed by atoms with Crippen LogP contribution in [0, 0.1) is 0 Å². The number of hydrogen-bond donors (Lipinski definition) is 1. The van der Waals surface area contributed by atoms with Gasteiger partial charge in [0.1, 0.15) is 17.1 Å². The number of aromatic amines is 1. The Morgan fingerprint density at radius 3 is 2.49 bits per heavy atom. The van der Waals surface area contributed by atoms with Crippen LogP contribution in [-0.2, 0) is 11.1 Å². The quantitative estimate of drug-likeness (QED) is 0.341. The van der Waals surface area contributed by atoms with Crippen molar-refractivity contribution >= 4 is 27.0 Å². The van der Waals surface area contributed by atoms with Crippen LogP contribution in [0.3, 0.4) is 0 Å². The molecule has 0 aliphatic rings. The van der Waals surface area contributed by atoms with Gasteiger partial charge in [-0.15, -0.1) is 6.58 Å². The fourth-order valence-electron chi connectivity index (χ4n) is 3.89. The van der Waals surface area contributed by atoms with Gasteiger partial charge in [-0.2, -0.15) is 0 Å². The summed E-state index contributed by atoms with van der Waals surface area (Å²) < 4.78 is 21.8. The molecule has 1 N–H and O–H groups in total. The lowest BCUT2D eigenvalue weighted by atomic mass is 9.82. The van der Waals surface area contributed by atoms with Gasteiger partial charge in [-0.05, 0) is 63.6 Å². The van der Waals surface area contributed by atoms with Gasteiger partial charge in [-0.25, -0.2) is 9.37 Å². The maximum Gasteiger partial charge on any atom is 0.294 e. The van der Waals surface area contributed by atoms with E-state index in [0.29, 0.717) is 16.5 Å². The summed E-state index contributed by atoms with van der Waals surface area (Å²) in [7, 11) is 0.809. The number of H-pyrrole nitrogens is 1. The number of pyridine rings is 1. The number of ether oxygens (including phenoxy) is 1. The highest BCUT2D eigenvalue weighted by atomic mass is 35.5. The highest BCUT2D eigenvalue weighted by Gasteiger charge is 2.32. The topological polar surface area (TPSA) is 67.9 Å². The first-order valence-corrected chi connectivity index (χ1v) is 12.6. The lowest BCUT2D eigenvalue weighted by Crippen LogP contribution is -2.26. The zero-order valence-corrected chi connectivity index (χ0v) is 23.3. The summed E-state index contributed by atoms with van der Waals surface area (Å²) in [5, 5.41) is 1.60. The van der Waals surface area contributed by atoms with E-state index in [2.05, 4.69) is 34.5 Å². The van der Waals surface area contributed by atoms with Gasteiger partial charge >= 0.3 is 0 Å². The summed E-state index contributed by atoms with van der Waals surface area (Å²) in [5.41, 5.74) is -1.89. The summed E-state index contributed by atoms with van der Waals surface area (Å²) >= 11 is 5.93. The molecule has 8 heteroatoms. The first kappa shape index (κ1) is 26.3. The van der Waals surface area contributed by atoms with Crippen LogP contribution in [0.15, 0.2) is 78.3 Å². The molecule has 182 valence electrons. The van der Waals surface area contributed by atoms with Crippen LogP contribution in [0.4, 0.5) is 4.39 Å². The SMILES string of the molecule is C=CC(C)(C=CC)c1cc(Oc2c(C(C)(F)C=CC)nc(-c3ccc(Cl)cn3)[nH]c2=O)ccc1[SiH3]. The molecule has 0 spiro atoms. The standard InChI is InChI=1S/C27H29ClFN3O2Si/c1-6-13-26(4,8-3)19-15-18(10-12-21(19)35)34-22-23(27(5,29)14-7-2)31-24(32-25(22)33)20-11-9-17(28)16-30-20/h6-16H,3H2,1-2,4-5,35H3,(H,31,32,33). The van der Waals surface area contributed by atoms with Crippen molar-refractivity contribution in [2.24, 2.45) is 0 Å². The fourth-order valence-corrected chi connectivity index (χ4v) is 4.86. The van der Waals surface area contributed by atoms with Crippen molar-refractivity contribution < 1.29 is 9.13 Å². The van der Waals surface area contributed by atoms with Crippen LogP contribution in [0.5, 0.6) is 11.5 Å². The molecule has 0 fully saturated rings. The Balaban J connectivity index is 2.18. The van der Waals surface area contributed by atoms with Crippen molar-refractivity contribution in [1.29, 1.82) is 0 Å². The van der Waals surface area contributed by atoms with Gasteiger partial charge in [0, 0.05) is 21.9 Å². The number of alkyl halides is 1. The third-order valence-corrected chi connectivity index (χ3v) is 6.83. The van der Waals surface area contributed by atoms with E-state index < -0.39 is 16.6 Å². The van der Waals surface area contributed by atoms with Crippen molar-refractivity contribution in [3.05, 3.63) is 100 Å². The van der Waals surface area contributed by atoms with E-state index in [1.807, 2.05) is 31.2 Å². The number of hydrogen-bond acceptors (Lipinski definition) is 4. The zero-order chi connectivity index (χ0) is 25.8. The number of halogens is 2. The normalized spacial score (nSPS) is 15.3. The maximum atomic E-state index is 15.8. The van der Waals surface area contributed by atoms with Gasteiger partial charge in [-0.1, -0.05) is 47.2 Å². The van der Waals surface area contributed by atoms with Gasteiger partial charge in [0.25, 0.3) is 5.56 Å². The van der Waals surface area contributed by atoms with Crippen molar-refractivity contribution in [3.8, 4) is 23.0 Å². The van der Waals surface area contributed by atoms with E-state index in [-0.39, 0.29) is 17.3 Å². The minimum absolute atomic E-state index is 0.116. The van der Waals surface area contributed by atoms with E-state index in [0.717, 1.165) is 15.8 Å². The van der Waals surface area contributed by atoms with Crippen LogP contribution in [0.25, 0.3) is 11.5 Å². The number of nitrogens with zero attached hydrogens (tertiary/aromatic N) is 2. The fraction of sp³-hybridized carbons (Fsp3) is 0.222. The molecule has 1 aromatic carbocycles. The van der Waals surface area contributed by atoms with Gasteiger partial charge < -0.3 is 9.72 Å². The number of nitrogens with one attached hydrogen (secondary N) is 1. The molecule has 0 aliphatic heterocycles. The maximum absolute atomic E-state index is 15.8. The van der Waals surface area contributed by atoms with E-state index in [4.69, 9.17) is 16.3 Å². The average molecular weight is 510 g/mol. The third-order valence-electron chi connectivity index (χ3n) is 5.74. The van der Waals surface area contributed by atoms with E-state index >= 15 is 4.39 Å². The lowest BCUT2D eigenvalue weighted by molar-refractivity contribution is 0.247. The Hall–Kier alpha value is -3.29. The second-order valence-electron chi connectivity index (χ2n) is 8.60. The smallest absolute Gasteiger partial charge is 0.294 e. The van der Waals surface area contributed by atoms with Crippen LogP contribution >= 0.6 is 11.6 Å². The van der Waals surface area contributed by atoms with Crippen molar-refractivity contribution in [2.75, 3.05) is 0 Å². The number of allylic oxidation sites excluding steroid dienone is 5.